The van der Waals surface area contributed by atoms with Gasteiger partial charge in [0.2, 0.25) is 0 Å². The summed E-state index contributed by atoms with van der Waals surface area (Å²) in [5.41, 5.74) is 10.0. The van der Waals surface area contributed by atoms with Crippen molar-refractivity contribution in [2.75, 3.05) is 12.3 Å². The standard InChI is InChI=1S/C19H20N2O/c20-15-9-7-13(8-10-15)19(22)21-11-3-6-17-16-5-2-1-4-14(16)12-18(17)21/h1-2,4-5,7-10,17-18H,3,6,11-12,20H2. The molecule has 2 aromatic carbocycles. The zero-order chi connectivity index (χ0) is 15.1. The van der Waals surface area contributed by atoms with Crippen LogP contribution in [0.1, 0.15) is 40.2 Å². The number of likely N-dealkylation sites (tertiary alicyclic amines) is 1. The van der Waals surface area contributed by atoms with Crippen molar-refractivity contribution in [3.8, 4) is 0 Å². The third-order valence-electron chi connectivity index (χ3n) is 5.08. The van der Waals surface area contributed by atoms with Gasteiger partial charge in [0.25, 0.3) is 5.91 Å². The lowest BCUT2D eigenvalue weighted by atomic mass is 9.88. The Balaban J connectivity index is 1.63. The van der Waals surface area contributed by atoms with Gasteiger partial charge in [0.05, 0.1) is 0 Å². The first-order valence-corrected chi connectivity index (χ1v) is 7.98. The van der Waals surface area contributed by atoms with Crippen molar-refractivity contribution >= 4 is 11.6 Å². The Morgan fingerprint density at radius 3 is 2.68 bits per heavy atom. The summed E-state index contributed by atoms with van der Waals surface area (Å²) in [6, 6.07) is 16.3. The lowest BCUT2D eigenvalue weighted by Crippen LogP contribution is -2.46. The van der Waals surface area contributed by atoms with Gasteiger partial charge in [-0.1, -0.05) is 24.3 Å². The number of nitrogens with zero attached hydrogens (tertiary/aromatic N) is 1. The van der Waals surface area contributed by atoms with Crippen LogP contribution in [0.4, 0.5) is 5.69 Å². The average Bonchev–Trinajstić information content (AvgIpc) is 2.93. The van der Waals surface area contributed by atoms with E-state index in [2.05, 4.69) is 29.2 Å². The summed E-state index contributed by atoms with van der Waals surface area (Å²) >= 11 is 0. The molecule has 1 saturated heterocycles. The van der Waals surface area contributed by atoms with Gasteiger partial charge in [0, 0.05) is 29.8 Å². The normalized spacial score (nSPS) is 23.0. The molecule has 0 saturated carbocycles. The molecular formula is C19H20N2O. The van der Waals surface area contributed by atoms with Gasteiger partial charge in [-0.25, -0.2) is 0 Å². The number of rotatable bonds is 1. The fraction of sp³-hybridized carbons (Fsp3) is 0.316. The molecule has 1 fully saturated rings. The maximum atomic E-state index is 12.9. The van der Waals surface area contributed by atoms with E-state index in [-0.39, 0.29) is 5.91 Å². The molecule has 112 valence electrons. The first kappa shape index (κ1) is 13.4. The number of nitrogens with two attached hydrogens (primary N) is 1. The lowest BCUT2D eigenvalue weighted by Gasteiger charge is -2.38. The lowest BCUT2D eigenvalue weighted by molar-refractivity contribution is 0.0595. The SMILES string of the molecule is Nc1ccc(C(=O)N2CCCC3c4ccccc4CC32)cc1. The summed E-state index contributed by atoms with van der Waals surface area (Å²) < 4.78 is 0. The zero-order valence-corrected chi connectivity index (χ0v) is 12.5. The molecule has 2 aliphatic rings. The van der Waals surface area contributed by atoms with Crippen LogP contribution in [0, 0.1) is 0 Å². The van der Waals surface area contributed by atoms with Gasteiger partial charge < -0.3 is 10.6 Å². The van der Waals surface area contributed by atoms with Gasteiger partial charge in [-0.15, -0.1) is 0 Å². The summed E-state index contributed by atoms with van der Waals surface area (Å²) in [4.78, 5) is 15.0. The van der Waals surface area contributed by atoms with Crippen LogP contribution in [0.25, 0.3) is 0 Å². The summed E-state index contributed by atoms with van der Waals surface area (Å²) in [5, 5.41) is 0. The summed E-state index contributed by atoms with van der Waals surface area (Å²) in [5.74, 6) is 0.644. The molecule has 1 amide bonds. The van der Waals surface area contributed by atoms with Crippen molar-refractivity contribution < 1.29 is 4.79 Å². The minimum Gasteiger partial charge on any atom is -0.399 e. The molecule has 1 heterocycles. The highest BCUT2D eigenvalue weighted by Gasteiger charge is 2.40. The number of carbonyl (C=O) groups excluding carboxylic acids is 1. The monoisotopic (exact) mass is 292 g/mol. The molecule has 22 heavy (non-hydrogen) atoms. The van der Waals surface area contributed by atoms with Gasteiger partial charge in [-0.2, -0.15) is 0 Å². The summed E-state index contributed by atoms with van der Waals surface area (Å²) in [6.45, 7) is 0.859. The van der Waals surface area contributed by atoms with E-state index in [0.717, 1.165) is 24.9 Å². The number of carbonyl (C=O) groups is 1. The van der Waals surface area contributed by atoms with Crippen LogP contribution in [-0.4, -0.2) is 23.4 Å². The third kappa shape index (κ3) is 2.08. The highest BCUT2D eigenvalue weighted by molar-refractivity contribution is 5.95. The molecular weight excluding hydrogens is 272 g/mol. The van der Waals surface area contributed by atoms with Crippen LogP contribution < -0.4 is 5.73 Å². The number of piperidine rings is 1. The van der Waals surface area contributed by atoms with Crippen molar-refractivity contribution in [3.63, 3.8) is 0 Å². The molecule has 0 spiro atoms. The van der Waals surface area contributed by atoms with Gasteiger partial charge in [0.1, 0.15) is 0 Å². The predicted molar refractivity (Wildman–Crippen MR) is 87.8 cm³/mol. The Kier molecular flexibility index (Phi) is 3.14. The first-order valence-electron chi connectivity index (χ1n) is 7.98. The van der Waals surface area contributed by atoms with Crippen molar-refractivity contribution in [1.29, 1.82) is 0 Å². The van der Waals surface area contributed by atoms with Crippen LogP contribution in [0.15, 0.2) is 48.5 Å². The molecule has 0 aromatic heterocycles. The van der Waals surface area contributed by atoms with E-state index >= 15 is 0 Å². The molecule has 3 heteroatoms. The highest BCUT2D eigenvalue weighted by atomic mass is 16.2. The maximum Gasteiger partial charge on any atom is 0.254 e. The summed E-state index contributed by atoms with van der Waals surface area (Å²) in [7, 11) is 0. The fourth-order valence-electron chi connectivity index (χ4n) is 4.02. The van der Waals surface area contributed by atoms with E-state index in [1.807, 2.05) is 12.1 Å². The molecule has 1 aliphatic heterocycles. The second kappa shape index (κ2) is 5.16. The topological polar surface area (TPSA) is 46.3 Å². The van der Waals surface area contributed by atoms with Crippen molar-refractivity contribution in [3.05, 3.63) is 65.2 Å². The number of benzene rings is 2. The van der Waals surface area contributed by atoms with Gasteiger partial charge in [-0.3, -0.25) is 4.79 Å². The maximum absolute atomic E-state index is 12.9. The van der Waals surface area contributed by atoms with Crippen molar-refractivity contribution in [1.82, 2.24) is 4.90 Å². The Morgan fingerprint density at radius 2 is 1.86 bits per heavy atom. The molecule has 2 aromatic rings. The fourth-order valence-corrected chi connectivity index (χ4v) is 4.02. The molecule has 4 rings (SSSR count). The number of nitrogen functional groups attached to an aromatic ring is 1. The molecule has 1 aliphatic carbocycles. The Morgan fingerprint density at radius 1 is 1.09 bits per heavy atom. The minimum atomic E-state index is 0.141. The van der Waals surface area contributed by atoms with Crippen LogP contribution in [0.3, 0.4) is 0 Å². The number of hydrogen-bond donors (Lipinski definition) is 1. The molecule has 2 unspecified atom stereocenters. The molecule has 0 bridgehead atoms. The number of fused-ring (bicyclic) bond motifs is 3. The minimum absolute atomic E-state index is 0.141. The van der Waals surface area contributed by atoms with Gasteiger partial charge in [-0.05, 0) is 54.7 Å². The Labute approximate surface area is 130 Å². The van der Waals surface area contributed by atoms with Gasteiger partial charge >= 0.3 is 0 Å². The van der Waals surface area contributed by atoms with Crippen molar-refractivity contribution in [2.45, 2.75) is 31.2 Å². The Hall–Kier alpha value is -2.29. The first-order chi connectivity index (χ1) is 10.7. The van der Waals surface area contributed by atoms with E-state index in [1.54, 1.807) is 12.1 Å². The van der Waals surface area contributed by atoms with E-state index in [0.29, 0.717) is 17.6 Å². The smallest absolute Gasteiger partial charge is 0.254 e. The number of hydrogen-bond acceptors (Lipinski definition) is 2. The second-order valence-corrected chi connectivity index (χ2v) is 6.34. The molecule has 2 atom stereocenters. The molecule has 3 nitrogen and oxygen atoms in total. The summed E-state index contributed by atoms with van der Waals surface area (Å²) in [6.07, 6.45) is 3.25. The second-order valence-electron chi connectivity index (χ2n) is 6.34. The predicted octanol–water partition coefficient (Wildman–Crippen LogP) is 3.21. The number of anilines is 1. The highest BCUT2D eigenvalue weighted by Crippen LogP contribution is 2.42. The van der Waals surface area contributed by atoms with E-state index in [4.69, 9.17) is 5.73 Å². The average molecular weight is 292 g/mol. The third-order valence-corrected chi connectivity index (χ3v) is 5.08. The van der Waals surface area contributed by atoms with Crippen LogP contribution in [0.2, 0.25) is 0 Å². The Bertz CT molecular complexity index is 708. The van der Waals surface area contributed by atoms with E-state index in [9.17, 15) is 4.79 Å². The van der Waals surface area contributed by atoms with Crippen LogP contribution in [-0.2, 0) is 6.42 Å². The van der Waals surface area contributed by atoms with Crippen LogP contribution >= 0.6 is 0 Å². The van der Waals surface area contributed by atoms with Gasteiger partial charge in [0.15, 0.2) is 0 Å². The number of amides is 1. The van der Waals surface area contributed by atoms with E-state index < -0.39 is 0 Å². The largest absolute Gasteiger partial charge is 0.399 e. The molecule has 2 N–H and O–H groups in total. The van der Waals surface area contributed by atoms with Crippen LogP contribution in [0.5, 0.6) is 0 Å². The quantitative estimate of drug-likeness (QED) is 0.820. The molecule has 0 radical (unpaired) electrons. The van der Waals surface area contributed by atoms with E-state index in [1.165, 1.54) is 17.5 Å². The van der Waals surface area contributed by atoms with Crippen molar-refractivity contribution in [2.24, 2.45) is 0 Å². The zero-order valence-electron chi connectivity index (χ0n) is 12.5.